The lowest BCUT2D eigenvalue weighted by molar-refractivity contribution is -0.140. The Hall–Kier alpha value is -3.04. The van der Waals surface area contributed by atoms with Crippen LogP contribution in [-0.4, -0.2) is 46.8 Å². The van der Waals surface area contributed by atoms with Gasteiger partial charge < -0.3 is 19.7 Å². The van der Waals surface area contributed by atoms with Crippen LogP contribution in [0.15, 0.2) is 59.1 Å². The predicted octanol–water partition coefficient (Wildman–Crippen LogP) is 6.24. The van der Waals surface area contributed by atoms with Gasteiger partial charge in [0.1, 0.15) is 22.7 Å². The quantitative estimate of drug-likeness (QED) is 0.253. The summed E-state index contributed by atoms with van der Waals surface area (Å²) in [5.74, 6) is -1.82. The summed E-state index contributed by atoms with van der Waals surface area (Å²) in [4.78, 5) is 23.1. The second-order valence-corrected chi connectivity index (χ2v) is 8.99. The number of aliphatic hydroxyl groups is 2. The van der Waals surface area contributed by atoms with Gasteiger partial charge in [-0.15, -0.1) is 0 Å². The van der Waals surface area contributed by atoms with Crippen LogP contribution in [0.3, 0.4) is 0 Å². The lowest BCUT2D eigenvalue weighted by Crippen LogP contribution is -2.24. The van der Waals surface area contributed by atoms with E-state index in [0.717, 1.165) is 0 Å². The molecule has 0 bridgehead atoms. The molecule has 0 fully saturated rings. The van der Waals surface area contributed by atoms with Crippen molar-refractivity contribution in [3.63, 3.8) is 0 Å². The van der Waals surface area contributed by atoms with Crippen LogP contribution in [0.4, 0.5) is 0 Å². The molecule has 2 heterocycles. The second-order valence-electron chi connectivity index (χ2n) is 7.36. The molecule has 0 spiro atoms. The van der Waals surface area contributed by atoms with Crippen LogP contribution < -0.4 is 0 Å². The molecule has 0 unspecified atom stereocenters. The number of aliphatic hydroxyl groups excluding tert-OH is 2. The molecule has 0 atom stereocenters. The third-order valence-electron chi connectivity index (χ3n) is 5.05. The van der Waals surface area contributed by atoms with Gasteiger partial charge in [-0.1, -0.05) is 58.5 Å². The minimum absolute atomic E-state index is 0.109. The van der Waals surface area contributed by atoms with E-state index in [1.807, 2.05) is 0 Å². The SMILES string of the molecule is N=C(C1=C(O)CCOC1=O)c1c(Cl)cccc1Cl.N=C(C1=C(O)CCOC1=O)c1c(Cl)cccc1Cl. The first-order chi connectivity index (χ1) is 17.0. The molecule has 2 aromatic rings. The van der Waals surface area contributed by atoms with Crippen molar-refractivity contribution < 1.29 is 29.3 Å². The van der Waals surface area contributed by atoms with Gasteiger partial charge in [-0.3, -0.25) is 10.8 Å². The lowest BCUT2D eigenvalue weighted by atomic mass is 9.99. The first-order valence-corrected chi connectivity index (χ1v) is 11.8. The van der Waals surface area contributed by atoms with Crippen molar-refractivity contribution in [3.05, 3.63) is 90.3 Å². The minimum atomic E-state index is -0.736. The number of carbonyl (C=O) groups is 2. The average molecular weight is 572 g/mol. The molecule has 0 radical (unpaired) electrons. The highest BCUT2D eigenvalue weighted by atomic mass is 35.5. The Balaban J connectivity index is 0.000000201. The molecule has 188 valence electrons. The molecule has 0 amide bonds. The van der Waals surface area contributed by atoms with E-state index in [1.165, 1.54) is 0 Å². The molecule has 36 heavy (non-hydrogen) atoms. The molecule has 8 nitrogen and oxygen atoms in total. The molecule has 0 aliphatic carbocycles. The van der Waals surface area contributed by atoms with Gasteiger partial charge in [-0.25, -0.2) is 9.59 Å². The zero-order valence-corrected chi connectivity index (χ0v) is 21.4. The Kier molecular flexibility index (Phi) is 9.03. The summed E-state index contributed by atoms with van der Waals surface area (Å²) < 4.78 is 9.60. The summed E-state index contributed by atoms with van der Waals surface area (Å²) in [6.45, 7) is 0.218. The van der Waals surface area contributed by atoms with E-state index in [9.17, 15) is 19.8 Å². The van der Waals surface area contributed by atoms with Gasteiger partial charge in [-0.2, -0.15) is 0 Å². The van der Waals surface area contributed by atoms with Crippen LogP contribution >= 0.6 is 46.4 Å². The highest BCUT2D eigenvalue weighted by Gasteiger charge is 2.29. The van der Waals surface area contributed by atoms with E-state index < -0.39 is 11.9 Å². The van der Waals surface area contributed by atoms with Gasteiger partial charge >= 0.3 is 11.9 Å². The number of rotatable bonds is 4. The first-order valence-electron chi connectivity index (χ1n) is 10.3. The highest BCUT2D eigenvalue weighted by molar-refractivity contribution is 6.44. The molecule has 0 saturated heterocycles. The van der Waals surface area contributed by atoms with E-state index >= 15 is 0 Å². The molecule has 2 aromatic carbocycles. The molecule has 4 N–H and O–H groups in total. The molecule has 2 aliphatic heterocycles. The Labute approximate surface area is 225 Å². The Bertz CT molecular complexity index is 1190. The van der Waals surface area contributed by atoms with E-state index in [4.69, 9.17) is 66.7 Å². The van der Waals surface area contributed by atoms with E-state index in [-0.39, 0.29) is 91.4 Å². The standard InChI is InChI=1S/2C12H9Cl2NO3/c2*13-6-2-1-3-7(14)9(6)11(15)10-8(16)4-5-18-12(10)17/h2*1-3,15-16H,4-5H2. The number of esters is 2. The molecule has 2 aliphatic rings. The Morgan fingerprint density at radius 1 is 0.667 bits per heavy atom. The largest absolute Gasteiger partial charge is 0.511 e. The maximum Gasteiger partial charge on any atom is 0.343 e. The third kappa shape index (κ3) is 5.84. The first kappa shape index (κ1) is 27.5. The number of halogens is 4. The summed E-state index contributed by atoms with van der Waals surface area (Å²) in [6.07, 6.45) is 0.372. The summed E-state index contributed by atoms with van der Waals surface area (Å²) in [5, 5.41) is 36.3. The molecule has 4 rings (SSSR count). The number of cyclic esters (lactones) is 2. The van der Waals surface area contributed by atoms with E-state index in [0.29, 0.717) is 0 Å². The fraction of sp³-hybridized carbons (Fsp3) is 0.167. The fourth-order valence-electron chi connectivity index (χ4n) is 3.33. The van der Waals surface area contributed by atoms with E-state index in [2.05, 4.69) is 0 Å². The number of carbonyl (C=O) groups excluding carboxylic acids is 2. The number of nitrogens with one attached hydrogen (secondary N) is 2. The van der Waals surface area contributed by atoms with Gasteiger partial charge in [0.2, 0.25) is 0 Å². The van der Waals surface area contributed by atoms with Crippen LogP contribution in [0.2, 0.25) is 20.1 Å². The minimum Gasteiger partial charge on any atom is -0.511 e. The van der Waals surface area contributed by atoms with Gasteiger partial charge in [0.05, 0.1) is 44.7 Å². The van der Waals surface area contributed by atoms with Crippen molar-refractivity contribution >= 4 is 69.8 Å². The maximum absolute atomic E-state index is 11.6. The van der Waals surface area contributed by atoms with Gasteiger partial charge in [0, 0.05) is 24.0 Å². The van der Waals surface area contributed by atoms with Crippen molar-refractivity contribution in [2.45, 2.75) is 12.8 Å². The smallest absolute Gasteiger partial charge is 0.343 e. The normalized spacial score (nSPS) is 15.6. The number of benzene rings is 2. The van der Waals surface area contributed by atoms with Crippen molar-refractivity contribution in [2.75, 3.05) is 13.2 Å². The number of hydrogen-bond donors (Lipinski definition) is 4. The molecule has 0 aromatic heterocycles. The van der Waals surface area contributed by atoms with Gasteiger partial charge in [0.25, 0.3) is 0 Å². The fourth-order valence-corrected chi connectivity index (χ4v) is 4.50. The highest BCUT2D eigenvalue weighted by Crippen LogP contribution is 2.30. The third-order valence-corrected chi connectivity index (χ3v) is 6.31. The summed E-state index contributed by atoms with van der Waals surface area (Å²) in [7, 11) is 0. The summed E-state index contributed by atoms with van der Waals surface area (Å²) >= 11 is 23.8. The van der Waals surface area contributed by atoms with Crippen molar-refractivity contribution in [3.8, 4) is 0 Å². The van der Waals surface area contributed by atoms with Crippen molar-refractivity contribution in [1.82, 2.24) is 0 Å². The zero-order chi connectivity index (χ0) is 26.6. The number of ether oxygens (including phenoxy) is 2. The van der Waals surface area contributed by atoms with Crippen LogP contribution in [0, 0.1) is 10.8 Å². The molecular weight excluding hydrogens is 554 g/mol. The van der Waals surface area contributed by atoms with Crippen LogP contribution in [0.25, 0.3) is 0 Å². The van der Waals surface area contributed by atoms with Gasteiger partial charge in [-0.05, 0) is 24.3 Å². The maximum atomic E-state index is 11.6. The van der Waals surface area contributed by atoms with E-state index in [1.54, 1.807) is 36.4 Å². The van der Waals surface area contributed by atoms with Crippen molar-refractivity contribution in [1.29, 1.82) is 10.8 Å². The van der Waals surface area contributed by atoms with Crippen molar-refractivity contribution in [2.24, 2.45) is 0 Å². The van der Waals surface area contributed by atoms with Crippen LogP contribution in [0.5, 0.6) is 0 Å². The topological polar surface area (TPSA) is 141 Å². The second kappa shape index (κ2) is 11.8. The summed E-state index contributed by atoms with van der Waals surface area (Å²) in [5.41, 5.74) is -0.407. The number of hydrogen-bond acceptors (Lipinski definition) is 8. The Morgan fingerprint density at radius 2 is 0.972 bits per heavy atom. The zero-order valence-electron chi connectivity index (χ0n) is 18.3. The van der Waals surface area contributed by atoms with Gasteiger partial charge in [0.15, 0.2) is 0 Å². The lowest BCUT2D eigenvalue weighted by Gasteiger charge is -2.17. The predicted molar refractivity (Wildman–Crippen MR) is 137 cm³/mol. The average Bonchev–Trinajstić information content (AvgIpc) is 2.79. The molecular formula is C24H18Cl4N2O6. The van der Waals surface area contributed by atoms with Crippen LogP contribution in [0.1, 0.15) is 24.0 Å². The molecule has 12 heteroatoms. The van der Waals surface area contributed by atoms with Crippen LogP contribution in [-0.2, 0) is 19.1 Å². The summed E-state index contributed by atoms with van der Waals surface area (Å²) in [6, 6.07) is 9.50. The monoisotopic (exact) mass is 570 g/mol. The Morgan fingerprint density at radius 3 is 1.25 bits per heavy atom. The molecule has 0 saturated carbocycles.